The highest BCUT2D eigenvalue weighted by atomic mass is 16.5. The smallest absolute Gasteiger partial charge is 0.328 e. The lowest BCUT2D eigenvalue weighted by Crippen LogP contribution is -2.38. The molecule has 1 unspecified atom stereocenters. The fourth-order valence-corrected chi connectivity index (χ4v) is 2.25. The Hall–Kier alpha value is -1.85. The van der Waals surface area contributed by atoms with Gasteiger partial charge in [-0.05, 0) is 26.7 Å². The third-order valence-corrected chi connectivity index (χ3v) is 2.96. The number of hydrogen-bond donors (Lipinski definition) is 1. The van der Waals surface area contributed by atoms with Crippen molar-refractivity contribution in [2.75, 3.05) is 23.8 Å². The summed E-state index contributed by atoms with van der Waals surface area (Å²) in [6.45, 7) is 4.86. The van der Waals surface area contributed by atoms with Gasteiger partial charge in [-0.2, -0.15) is 4.98 Å². The van der Waals surface area contributed by atoms with Crippen LogP contribution >= 0.6 is 0 Å². The molecule has 1 aliphatic rings. The van der Waals surface area contributed by atoms with Crippen molar-refractivity contribution in [3.05, 3.63) is 11.8 Å². The maximum Gasteiger partial charge on any atom is 0.328 e. The molecular weight excluding hydrogens is 232 g/mol. The van der Waals surface area contributed by atoms with Crippen molar-refractivity contribution < 1.29 is 9.53 Å². The summed E-state index contributed by atoms with van der Waals surface area (Å²) in [6, 6.07) is 1.59. The molecule has 0 aromatic carbocycles. The first kappa shape index (κ1) is 12.6. The molecule has 1 atom stereocenters. The summed E-state index contributed by atoms with van der Waals surface area (Å²) in [4.78, 5) is 22.0. The molecular formula is C12H18N4O2. The molecule has 98 valence electrons. The Kier molecular flexibility index (Phi) is 3.64. The van der Waals surface area contributed by atoms with Crippen molar-refractivity contribution in [3.63, 3.8) is 0 Å². The molecule has 6 nitrogen and oxygen atoms in total. The number of esters is 1. The number of nitrogens with two attached hydrogens (primary N) is 1. The van der Waals surface area contributed by atoms with E-state index < -0.39 is 0 Å². The number of carbonyl (C=O) groups excluding carboxylic acids is 1. The molecule has 1 aliphatic heterocycles. The summed E-state index contributed by atoms with van der Waals surface area (Å²) in [7, 11) is 0. The number of aryl methyl sites for hydroxylation is 1. The average molecular weight is 250 g/mol. The van der Waals surface area contributed by atoms with Crippen LogP contribution in [0.1, 0.15) is 25.5 Å². The SMILES string of the molecule is CCOC(=O)C1CCCN1c1cc(C)nc(N)n1. The van der Waals surface area contributed by atoms with Crippen LogP contribution in [-0.2, 0) is 9.53 Å². The second-order valence-electron chi connectivity index (χ2n) is 4.33. The van der Waals surface area contributed by atoms with Crippen LogP contribution in [-0.4, -0.2) is 35.1 Å². The van der Waals surface area contributed by atoms with E-state index in [1.807, 2.05) is 24.8 Å². The minimum atomic E-state index is -0.251. The van der Waals surface area contributed by atoms with Crippen molar-refractivity contribution in [2.24, 2.45) is 0 Å². The average Bonchev–Trinajstić information content (AvgIpc) is 2.76. The van der Waals surface area contributed by atoms with Gasteiger partial charge in [-0.25, -0.2) is 9.78 Å². The summed E-state index contributed by atoms with van der Waals surface area (Å²) in [5, 5.41) is 0. The van der Waals surface area contributed by atoms with E-state index in [0.717, 1.165) is 25.1 Å². The predicted molar refractivity (Wildman–Crippen MR) is 68.2 cm³/mol. The first-order valence-corrected chi connectivity index (χ1v) is 6.16. The van der Waals surface area contributed by atoms with Crippen LogP contribution < -0.4 is 10.6 Å². The Balaban J connectivity index is 2.23. The van der Waals surface area contributed by atoms with Gasteiger partial charge in [0, 0.05) is 18.3 Å². The maximum absolute atomic E-state index is 11.9. The summed E-state index contributed by atoms with van der Waals surface area (Å²) in [6.07, 6.45) is 1.74. The van der Waals surface area contributed by atoms with Crippen LogP contribution in [0.3, 0.4) is 0 Å². The molecule has 1 aromatic rings. The highest BCUT2D eigenvalue weighted by Crippen LogP contribution is 2.25. The molecule has 0 aliphatic carbocycles. The summed E-state index contributed by atoms with van der Waals surface area (Å²) < 4.78 is 5.08. The number of anilines is 2. The largest absolute Gasteiger partial charge is 0.464 e. The predicted octanol–water partition coefficient (Wildman–Crippen LogP) is 0.899. The van der Waals surface area contributed by atoms with Gasteiger partial charge in [-0.15, -0.1) is 0 Å². The fraction of sp³-hybridized carbons (Fsp3) is 0.583. The summed E-state index contributed by atoms with van der Waals surface area (Å²) in [5.41, 5.74) is 6.44. The Labute approximate surface area is 106 Å². The van der Waals surface area contributed by atoms with Gasteiger partial charge in [0.15, 0.2) is 0 Å². The third-order valence-electron chi connectivity index (χ3n) is 2.96. The number of nitrogen functional groups attached to an aromatic ring is 1. The molecule has 1 saturated heterocycles. The molecule has 0 radical (unpaired) electrons. The van der Waals surface area contributed by atoms with Crippen molar-refractivity contribution in [1.82, 2.24) is 9.97 Å². The molecule has 1 aromatic heterocycles. The molecule has 0 spiro atoms. The van der Waals surface area contributed by atoms with Crippen molar-refractivity contribution in [2.45, 2.75) is 32.7 Å². The van der Waals surface area contributed by atoms with E-state index in [1.54, 1.807) is 0 Å². The molecule has 2 N–H and O–H groups in total. The van der Waals surface area contributed by atoms with E-state index in [1.165, 1.54) is 0 Å². The zero-order valence-corrected chi connectivity index (χ0v) is 10.7. The van der Waals surface area contributed by atoms with E-state index >= 15 is 0 Å². The van der Waals surface area contributed by atoms with E-state index in [0.29, 0.717) is 12.4 Å². The second-order valence-corrected chi connectivity index (χ2v) is 4.33. The van der Waals surface area contributed by atoms with E-state index in [-0.39, 0.29) is 18.0 Å². The lowest BCUT2D eigenvalue weighted by Gasteiger charge is -2.24. The first-order chi connectivity index (χ1) is 8.61. The van der Waals surface area contributed by atoms with E-state index in [2.05, 4.69) is 9.97 Å². The lowest BCUT2D eigenvalue weighted by molar-refractivity contribution is -0.144. The Morgan fingerprint density at radius 2 is 2.39 bits per heavy atom. The maximum atomic E-state index is 11.9. The minimum Gasteiger partial charge on any atom is -0.464 e. The number of nitrogens with zero attached hydrogens (tertiary/aromatic N) is 3. The van der Waals surface area contributed by atoms with Gasteiger partial charge in [-0.3, -0.25) is 0 Å². The van der Waals surface area contributed by atoms with Gasteiger partial charge in [0.25, 0.3) is 0 Å². The monoisotopic (exact) mass is 250 g/mol. The number of ether oxygens (including phenoxy) is 1. The number of carbonyl (C=O) groups is 1. The van der Waals surface area contributed by atoms with E-state index in [4.69, 9.17) is 10.5 Å². The van der Waals surface area contributed by atoms with Crippen LogP contribution in [0.2, 0.25) is 0 Å². The molecule has 2 heterocycles. The second kappa shape index (κ2) is 5.20. The topological polar surface area (TPSA) is 81.3 Å². The minimum absolute atomic E-state index is 0.190. The highest BCUT2D eigenvalue weighted by Gasteiger charge is 2.32. The molecule has 18 heavy (non-hydrogen) atoms. The number of hydrogen-bond acceptors (Lipinski definition) is 6. The zero-order valence-electron chi connectivity index (χ0n) is 10.7. The third kappa shape index (κ3) is 2.52. The summed E-state index contributed by atoms with van der Waals surface area (Å²) >= 11 is 0. The van der Waals surface area contributed by atoms with Gasteiger partial charge in [0.2, 0.25) is 5.95 Å². The molecule has 6 heteroatoms. The van der Waals surface area contributed by atoms with Gasteiger partial charge in [0.1, 0.15) is 11.9 Å². The molecule has 1 fully saturated rings. The normalized spacial score (nSPS) is 19.0. The molecule has 2 rings (SSSR count). The lowest BCUT2D eigenvalue weighted by atomic mass is 10.2. The molecule has 0 amide bonds. The van der Waals surface area contributed by atoms with Crippen LogP contribution in [0.15, 0.2) is 6.07 Å². The quantitative estimate of drug-likeness (QED) is 0.803. The van der Waals surface area contributed by atoms with Crippen molar-refractivity contribution in [1.29, 1.82) is 0 Å². The van der Waals surface area contributed by atoms with Gasteiger partial charge < -0.3 is 15.4 Å². The van der Waals surface area contributed by atoms with Crippen molar-refractivity contribution >= 4 is 17.7 Å². The summed E-state index contributed by atoms with van der Waals surface area (Å²) in [5.74, 6) is 0.750. The van der Waals surface area contributed by atoms with Crippen LogP contribution in [0.25, 0.3) is 0 Å². The van der Waals surface area contributed by atoms with Crippen LogP contribution in [0, 0.1) is 6.92 Å². The van der Waals surface area contributed by atoms with Crippen LogP contribution in [0.5, 0.6) is 0 Å². The Morgan fingerprint density at radius 1 is 1.61 bits per heavy atom. The number of aromatic nitrogens is 2. The molecule has 0 bridgehead atoms. The van der Waals surface area contributed by atoms with Gasteiger partial charge in [0.05, 0.1) is 6.61 Å². The highest BCUT2D eigenvalue weighted by molar-refractivity contribution is 5.80. The zero-order chi connectivity index (χ0) is 13.1. The van der Waals surface area contributed by atoms with Gasteiger partial charge in [-0.1, -0.05) is 0 Å². The van der Waals surface area contributed by atoms with E-state index in [9.17, 15) is 4.79 Å². The standard InChI is InChI=1S/C12H18N4O2/c1-3-18-11(17)9-5-4-6-16(9)10-7-8(2)14-12(13)15-10/h7,9H,3-6H2,1-2H3,(H2,13,14,15). The molecule has 0 saturated carbocycles. The fourth-order valence-electron chi connectivity index (χ4n) is 2.25. The number of rotatable bonds is 3. The Morgan fingerprint density at radius 3 is 3.06 bits per heavy atom. The first-order valence-electron chi connectivity index (χ1n) is 6.16. The Bertz CT molecular complexity index is 429. The van der Waals surface area contributed by atoms with Gasteiger partial charge >= 0.3 is 5.97 Å². The van der Waals surface area contributed by atoms with Crippen molar-refractivity contribution in [3.8, 4) is 0 Å². The van der Waals surface area contributed by atoms with Crippen LogP contribution in [0.4, 0.5) is 11.8 Å².